The summed E-state index contributed by atoms with van der Waals surface area (Å²) in [6.07, 6.45) is 3.85. The molecule has 2 aromatic heterocycles. The van der Waals surface area contributed by atoms with E-state index in [4.69, 9.17) is 9.40 Å². The number of nitrogens with zero attached hydrogens (tertiary/aromatic N) is 1. The van der Waals surface area contributed by atoms with Crippen molar-refractivity contribution in [3.05, 3.63) is 89.0 Å². The molecule has 0 spiro atoms. The van der Waals surface area contributed by atoms with E-state index in [0.717, 1.165) is 17.0 Å². The summed E-state index contributed by atoms with van der Waals surface area (Å²) in [5.74, 6) is 1.28. The molecule has 2 aliphatic rings. The number of rotatable bonds is 2. The van der Waals surface area contributed by atoms with Gasteiger partial charge in [0.25, 0.3) is 0 Å². The molecule has 3 aromatic carbocycles. The zero-order valence-electron chi connectivity index (χ0n) is 18.5. The predicted octanol–water partition coefficient (Wildman–Crippen LogP) is 8.30. The Morgan fingerprint density at radius 2 is 1.44 bits per heavy atom. The van der Waals surface area contributed by atoms with Crippen LogP contribution in [-0.4, -0.2) is 4.98 Å². The van der Waals surface area contributed by atoms with Crippen molar-refractivity contribution < 1.29 is 4.42 Å². The Bertz CT molecular complexity index is 1500. The van der Waals surface area contributed by atoms with E-state index in [1.54, 1.807) is 0 Å². The molecule has 2 unspecified atom stereocenters. The van der Waals surface area contributed by atoms with Gasteiger partial charge in [-0.25, -0.2) is 4.98 Å². The van der Waals surface area contributed by atoms with Gasteiger partial charge in [-0.2, -0.15) is 0 Å². The van der Waals surface area contributed by atoms with Crippen molar-refractivity contribution in [1.82, 2.24) is 4.98 Å². The van der Waals surface area contributed by atoms with Crippen LogP contribution in [0.25, 0.3) is 44.5 Å². The van der Waals surface area contributed by atoms with E-state index in [9.17, 15) is 0 Å². The topological polar surface area (TPSA) is 26.0 Å². The summed E-state index contributed by atoms with van der Waals surface area (Å²) in [6.45, 7) is 4.38. The maximum absolute atomic E-state index is 6.26. The van der Waals surface area contributed by atoms with Crippen LogP contribution in [0.4, 0.5) is 0 Å². The molecule has 0 N–H and O–H groups in total. The monoisotopic (exact) mass is 415 g/mol. The second kappa shape index (κ2) is 6.56. The van der Waals surface area contributed by atoms with Gasteiger partial charge in [0.1, 0.15) is 5.58 Å². The number of aromatic nitrogens is 1. The third-order valence-corrected chi connectivity index (χ3v) is 7.78. The highest BCUT2D eigenvalue weighted by molar-refractivity contribution is 6.07. The van der Waals surface area contributed by atoms with Crippen LogP contribution in [0.5, 0.6) is 0 Å². The normalized spacial score (nSPS) is 19.2. The summed E-state index contributed by atoms with van der Waals surface area (Å²) in [5.41, 5.74) is 12.3. The van der Waals surface area contributed by atoms with Gasteiger partial charge >= 0.3 is 0 Å². The Kier molecular flexibility index (Phi) is 3.73. The first-order chi connectivity index (χ1) is 15.7. The second-order valence-electron chi connectivity index (χ2n) is 9.62. The summed E-state index contributed by atoms with van der Waals surface area (Å²) in [6, 6.07) is 23.9. The van der Waals surface area contributed by atoms with Crippen LogP contribution >= 0.6 is 0 Å². The van der Waals surface area contributed by atoms with Crippen molar-refractivity contribution >= 4 is 22.1 Å². The standard InChI is InChI=1S/C30H25NO/c1-17-6-5-7-18(2)25(17)19-10-12-20(13-11-19)29-27-22-15-14-21(16-22)26(27)28-23-8-3-4-9-24(23)32-30(28)31-29/h3-13,21-22H,14-16H2,1-2H3. The van der Waals surface area contributed by atoms with Crippen molar-refractivity contribution in [3.63, 3.8) is 0 Å². The first kappa shape index (κ1) is 18.2. The highest BCUT2D eigenvalue weighted by atomic mass is 16.3. The van der Waals surface area contributed by atoms with E-state index >= 15 is 0 Å². The van der Waals surface area contributed by atoms with Crippen molar-refractivity contribution in [2.24, 2.45) is 0 Å². The molecule has 2 aliphatic carbocycles. The molecule has 1 fully saturated rings. The molecule has 2 heterocycles. The third-order valence-electron chi connectivity index (χ3n) is 7.78. The smallest absolute Gasteiger partial charge is 0.228 e. The third kappa shape index (κ3) is 2.44. The van der Waals surface area contributed by atoms with Gasteiger partial charge in [0, 0.05) is 10.9 Å². The molecule has 7 rings (SSSR count). The van der Waals surface area contributed by atoms with Gasteiger partial charge in [-0.1, -0.05) is 60.7 Å². The van der Waals surface area contributed by atoms with Crippen LogP contribution in [0, 0.1) is 13.8 Å². The fraction of sp³-hybridized carbons (Fsp3) is 0.233. The molecule has 2 nitrogen and oxygen atoms in total. The summed E-state index contributed by atoms with van der Waals surface area (Å²) in [4.78, 5) is 5.14. The highest BCUT2D eigenvalue weighted by Gasteiger charge is 2.41. The molecule has 0 amide bonds. The Hall–Kier alpha value is -3.39. The van der Waals surface area contributed by atoms with Crippen LogP contribution < -0.4 is 0 Å². The summed E-state index contributed by atoms with van der Waals surface area (Å²) >= 11 is 0. The predicted molar refractivity (Wildman–Crippen MR) is 131 cm³/mol. The molecule has 5 aromatic rings. The highest BCUT2D eigenvalue weighted by Crippen LogP contribution is 2.58. The minimum Gasteiger partial charge on any atom is -0.438 e. The minimum atomic E-state index is 0.633. The lowest BCUT2D eigenvalue weighted by molar-refractivity contribution is 0.651. The lowest BCUT2D eigenvalue weighted by atomic mass is 9.86. The van der Waals surface area contributed by atoms with Gasteiger partial charge in [0.15, 0.2) is 0 Å². The Morgan fingerprint density at radius 3 is 2.22 bits per heavy atom. The number of aryl methyl sites for hydroxylation is 2. The van der Waals surface area contributed by atoms with Gasteiger partial charge in [0.2, 0.25) is 5.71 Å². The SMILES string of the molecule is Cc1cccc(C)c1-c1ccc(-c2nc3oc4ccccc4c3c3c2C2CCC3C2)cc1. The van der Waals surface area contributed by atoms with E-state index in [-0.39, 0.29) is 0 Å². The molecule has 2 bridgehead atoms. The molecule has 0 aliphatic heterocycles. The lowest BCUT2D eigenvalue weighted by Gasteiger charge is -2.19. The molecule has 156 valence electrons. The summed E-state index contributed by atoms with van der Waals surface area (Å²) < 4.78 is 6.26. The van der Waals surface area contributed by atoms with E-state index in [1.165, 1.54) is 69.0 Å². The average Bonchev–Trinajstić information content (AvgIpc) is 3.52. The van der Waals surface area contributed by atoms with Crippen molar-refractivity contribution in [2.45, 2.75) is 44.9 Å². The first-order valence-electron chi connectivity index (χ1n) is 11.7. The molecular formula is C30H25NO. The number of para-hydroxylation sites is 1. The minimum absolute atomic E-state index is 0.633. The summed E-state index contributed by atoms with van der Waals surface area (Å²) in [5, 5.41) is 2.48. The first-order valence-corrected chi connectivity index (χ1v) is 11.7. The van der Waals surface area contributed by atoms with Gasteiger partial charge in [-0.15, -0.1) is 0 Å². The number of furan rings is 1. The van der Waals surface area contributed by atoms with Crippen molar-refractivity contribution in [2.75, 3.05) is 0 Å². The van der Waals surface area contributed by atoms with Crippen molar-refractivity contribution in [1.29, 1.82) is 0 Å². The quantitative estimate of drug-likeness (QED) is 0.290. The number of fused-ring (bicyclic) bond motifs is 9. The molecule has 2 heteroatoms. The molecule has 1 saturated carbocycles. The van der Waals surface area contributed by atoms with Crippen LogP contribution in [0.1, 0.15) is 53.4 Å². The van der Waals surface area contributed by atoms with Gasteiger partial charge in [-0.3, -0.25) is 0 Å². The summed E-state index contributed by atoms with van der Waals surface area (Å²) in [7, 11) is 0. The zero-order valence-corrected chi connectivity index (χ0v) is 18.5. The van der Waals surface area contributed by atoms with Crippen LogP contribution in [-0.2, 0) is 0 Å². The average molecular weight is 416 g/mol. The second-order valence-corrected chi connectivity index (χ2v) is 9.62. The maximum atomic E-state index is 6.26. The van der Waals surface area contributed by atoms with Gasteiger partial charge < -0.3 is 4.42 Å². The molecule has 0 saturated heterocycles. The van der Waals surface area contributed by atoms with E-state index in [0.29, 0.717) is 11.8 Å². The van der Waals surface area contributed by atoms with E-state index in [2.05, 4.69) is 74.5 Å². The van der Waals surface area contributed by atoms with Gasteiger partial charge in [-0.05, 0) is 84.4 Å². The Balaban J connectivity index is 1.45. The number of benzene rings is 3. The van der Waals surface area contributed by atoms with E-state index < -0.39 is 0 Å². The Labute approximate surface area is 187 Å². The number of pyridine rings is 1. The largest absolute Gasteiger partial charge is 0.438 e. The Morgan fingerprint density at radius 1 is 0.750 bits per heavy atom. The van der Waals surface area contributed by atoms with Crippen LogP contribution in [0.3, 0.4) is 0 Å². The van der Waals surface area contributed by atoms with Crippen LogP contribution in [0.2, 0.25) is 0 Å². The maximum Gasteiger partial charge on any atom is 0.228 e. The number of hydrogen-bond donors (Lipinski definition) is 0. The lowest BCUT2D eigenvalue weighted by Crippen LogP contribution is -2.03. The molecule has 32 heavy (non-hydrogen) atoms. The van der Waals surface area contributed by atoms with Crippen molar-refractivity contribution in [3.8, 4) is 22.4 Å². The molecular weight excluding hydrogens is 390 g/mol. The van der Waals surface area contributed by atoms with Crippen LogP contribution in [0.15, 0.2) is 71.1 Å². The molecule has 2 atom stereocenters. The number of hydrogen-bond acceptors (Lipinski definition) is 2. The fourth-order valence-electron chi connectivity index (χ4n) is 6.42. The zero-order chi connectivity index (χ0) is 21.4. The fourth-order valence-corrected chi connectivity index (χ4v) is 6.42. The molecule has 0 radical (unpaired) electrons. The van der Waals surface area contributed by atoms with E-state index in [1.807, 2.05) is 6.07 Å². The van der Waals surface area contributed by atoms with Gasteiger partial charge in [0.05, 0.1) is 11.1 Å².